The fraction of sp³-hybridized carbons (Fsp3) is 0.167. The minimum Gasteiger partial charge on any atom is -0.306 e. The van der Waals surface area contributed by atoms with Gasteiger partial charge in [-0.15, -0.1) is 11.3 Å². The Morgan fingerprint density at radius 1 is 1.29 bits per heavy atom. The van der Waals surface area contributed by atoms with Crippen molar-refractivity contribution in [1.82, 2.24) is 9.97 Å². The number of carbonyl (C=O) groups is 1. The zero-order valence-electron chi connectivity index (χ0n) is 12.9. The molecule has 0 spiro atoms. The van der Waals surface area contributed by atoms with Gasteiger partial charge in [0.25, 0.3) is 5.91 Å². The van der Waals surface area contributed by atoms with Gasteiger partial charge in [0.1, 0.15) is 16.4 Å². The summed E-state index contributed by atoms with van der Waals surface area (Å²) < 4.78 is 0. The molecular formula is C18H14ClN3OS. The van der Waals surface area contributed by atoms with Crippen LogP contribution in [0.15, 0.2) is 48.0 Å². The molecule has 6 heteroatoms. The molecule has 1 aliphatic heterocycles. The molecule has 0 fully saturated rings. The highest BCUT2D eigenvalue weighted by Crippen LogP contribution is 2.37. The van der Waals surface area contributed by atoms with E-state index >= 15 is 0 Å². The van der Waals surface area contributed by atoms with Crippen molar-refractivity contribution < 1.29 is 4.79 Å². The monoisotopic (exact) mass is 355 g/mol. The number of fused-ring (bicyclic) bond motifs is 1. The molecule has 0 bridgehead atoms. The van der Waals surface area contributed by atoms with Crippen LogP contribution in [0.3, 0.4) is 0 Å². The van der Waals surface area contributed by atoms with E-state index in [9.17, 15) is 4.79 Å². The van der Waals surface area contributed by atoms with Crippen molar-refractivity contribution in [3.63, 3.8) is 0 Å². The summed E-state index contributed by atoms with van der Waals surface area (Å²) in [6, 6.07) is 11.6. The molecular weight excluding hydrogens is 342 g/mol. The third kappa shape index (κ3) is 2.50. The Labute approximate surface area is 148 Å². The van der Waals surface area contributed by atoms with Crippen LogP contribution in [0.25, 0.3) is 10.7 Å². The molecule has 1 atom stereocenters. The highest BCUT2D eigenvalue weighted by atomic mass is 35.5. The predicted molar refractivity (Wildman–Crippen MR) is 96.9 cm³/mol. The topological polar surface area (TPSA) is 46.1 Å². The fourth-order valence-corrected chi connectivity index (χ4v) is 4.04. The Bertz CT molecular complexity index is 924. The van der Waals surface area contributed by atoms with E-state index in [0.717, 1.165) is 5.69 Å². The smallest absolute Gasteiger partial charge is 0.277 e. The van der Waals surface area contributed by atoms with Gasteiger partial charge in [-0.3, -0.25) is 9.78 Å². The number of benzene rings is 1. The molecule has 1 aliphatic rings. The van der Waals surface area contributed by atoms with Gasteiger partial charge in [0.2, 0.25) is 0 Å². The van der Waals surface area contributed by atoms with Gasteiger partial charge < -0.3 is 4.90 Å². The fourth-order valence-electron chi connectivity index (χ4n) is 2.97. The van der Waals surface area contributed by atoms with Crippen molar-refractivity contribution >= 4 is 34.5 Å². The van der Waals surface area contributed by atoms with E-state index in [2.05, 4.69) is 23.0 Å². The Hall–Kier alpha value is -2.24. The average Bonchev–Trinajstić information content (AvgIpc) is 3.21. The van der Waals surface area contributed by atoms with Crippen molar-refractivity contribution in [2.24, 2.45) is 0 Å². The molecule has 0 saturated carbocycles. The molecule has 120 valence electrons. The summed E-state index contributed by atoms with van der Waals surface area (Å²) in [6.07, 6.45) is 1.67. The molecule has 0 N–H and O–H groups in total. The predicted octanol–water partition coefficient (Wildman–Crippen LogP) is 4.62. The highest BCUT2D eigenvalue weighted by molar-refractivity contribution is 7.13. The molecule has 24 heavy (non-hydrogen) atoms. The normalized spacial score (nSPS) is 16.2. The second kappa shape index (κ2) is 6.00. The lowest BCUT2D eigenvalue weighted by Gasteiger charge is -2.16. The maximum Gasteiger partial charge on any atom is 0.277 e. The number of amides is 1. The molecule has 4 nitrogen and oxygen atoms in total. The van der Waals surface area contributed by atoms with Crippen molar-refractivity contribution in [2.45, 2.75) is 12.8 Å². The van der Waals surface area contributed by atoms with Gasteiger partial charge in [0.05, 0.1) is 5.02 Å². The van der Waals surface area contributed by atoms with Gasteiger partial charge in [0.15, 0.2) is 0 Å². The Kier molecular flexibility index (Phi) is 3.82. The van der Waals surface area contributed by atoms with Crippen LogP contribution in [0, 0.1) is 0 Å². The lowest BCUT2D eigenvalue weighted by atomic mass is 10.0. The first kappa shape index (κ1) is 15.3. The molecule has 3 heterocycles. The number of pyridine rings is 1. The summed E-state index contributed by atoms with van der Waals surface area (Å²) >= 11 is 7.55. The van der Waals surface area contributed by atoms with E-state index in [-0.39, 0.29) is 5.91 Å². The summed E-state index contributed by atoms with van der Waals surface area (Å²) in [4.78, 5) is 23.4. The number of aromatic nitrogens is 2. The van der Waals surface area contributed by atoms with E-state index in [4.69, 9.17) is 11.6 Å². The second-order valence-corrected chi connectivity index (χ2v) is 7.01. The summed E-state index contributed by atoms with van der Waals surface area (Å²) in [6.45, 7) is 2.81. The maximum atomic E-state index is 12.9. The van der Waals surface area contributed by atoms with Gasteiger partial charge in [-0.1, -0.05) is 36.7 Å². The Balaban J connectivity index is 1.67. The molecule has 0 radical (unpaired) electrons. The summed E-state index contributed by atoms with van der Waals surface area (Å²) in [5.41, 5.74) is 3.22. The van der Waals surface area contributed by atoms with Gasteiger partial charge in [-0.2, -0.15) is 0 Å². The van der Waals surface area contributed by atoms with Crippen LogP contribution in [0.2, 0.25) is 5.02 Å². The first-order chi connectivity index (χ1) is 11.6. The number of para-hydroxylation sites is 1. The zero-order chi connectivity index (χ0) is 16.7. The van der Waals surface area contributed by atoms with Gasteiger partial charge in [-0.05, 0) is 23.8 Å². The number of carbonyl (C=O) groups excluding carboxylic acids is 1. The number of hydrogen-bond acceptors (Lipinski definition) is 4. The van der Waals surface area contributed by atoms with Crippen LogP contribution >= 0.6 is 22.9 Å². The quantitative estimate of drug-likeness (QED) is 0.673. The summed E-state index contributed by atoms with van der Waals surface area (Å²) in [5.74, 6) is 0.245. The van der Waals surface area contributed by atoms with E-state index in [0.29, 0.717) is 33.9 Å². The number of nitrogens with zero attached hydrogens (tertiary/aromatic N) is 3. The lowest BCUT2D eigenvalue weighted by Crippen LogP contribution is -2.29. The first-order valence-electron chi connectivity index (χ1n) is 7.62. The van der Waals surface area contributed by atoms with Crippen LogP contribution in [0.5, 0.6) is 0 Å². The van der Waals surface area contributed by atoms with Crippen LogP contribution in [0.1, 0.15) is 28.9 Å². The van der Waals surface area contributed by atoms with Crippen molar-refractivity contribution in [3.05, 3.63) is 64.3 Å². The molecule has 1 amide bonds. The molecule has 3 aromatic rings. The van der Waals surface area contributed by atoms with E-state index in [1.807, 2.05) is 18.2 Å². The van der Waals surface area contributed by atoms with Crippen LogP contribution < -0.4 is 4.90 Å². The number of thiazole rings is 1. The average molecular weight is 356 g/mol. The Morgan fingerprint density at radius 2 is 2.12 bits per heavy atom. The Morgan fingerprint density at radius 3 is 2.96 bits per heavy atom. The number of rotatable bonds is 2. The van der Waals surface area contributed by atoms with Crippen LogP contribution in [-0.2, 0) is 0 Å². The minimum absolute atomic E-state index is 0.0821. The van der Waals surface area contributed by atoms with Gasteiger partial charge in [-0.25, -0.2) is 4.98 Å². The van der Waals surface area contributed by atoms with Crippen molar-refractivity contribution in [1.29, 1.82) is 0 Å². The molecule has 4 rings (SSSR count). The lowest BCUT2D eigenvalue weighted by molar-refractivity contribution is 0.0984. The number of anilines is 1. The second-order valence-electron chi connectivity index (χ2n) is 5.75. The van der Waals surface area contributed by atoms with E-state index in [1.54, 1.807) is 28.6 Å². The molecule has 0 saturated heterocycles. The molecule has 1 aromatic carbocycles. The van der Waals surface area contributed by atoms with Crippen LogP contribution in [-0.4, -0.2) is 22.4 Å². The maximum absolute atomic E-state index is 12.9. The van der Waals surface area contributed by atoms with Crippen molar-refractivity contribution in [2.75, 3.05) is 11.4 Å². The van der Waals surface area contributed by atoms with Crippen LogP contribution in [0.4, 0.5) is 5.69 Å². The van der Waals surface area contributed by atoms with E-state index in [1.165, 1.54) is 16.9 Å². The standard InChI is InChI=1S/C18H14ClN3OS/c1-11-9-22(15-7-3-2-5-12(11)15)18(23)14-10-24-17(21-14)16-13(19)6-4-8-20-16/h2-8,10-11H,9H2,1H3. The van der Waals surface area contributed by atoms with Crippen molar-refractivity contribution in [3.8, 4) is 10.7 Å². The number of halogens is 1. The third-order valence-electron chi connectivity index (χ3n) is 4.14. The zero-order valence-corrected chi connectivity index (χ0v) is 14.5. The molecule has 2 aromatic heterocycles. The van der Waals surface area contributed by atoms with Gasteiger partial charge in [0, 0.05) is 29.7 Å². The first-order valence-corrected chi connectivity index (χ1v) is 8.88. The summed E-state index contributed by atoms with van der Waals surface area (Å²) in [7, 11) is 0. The molecule has 1 unspecified atom stereocenters. The van der Waals surface area contributed by atoms with Gasteiger partial charge >= 0.3 is 0 Å². The minimum atomic E-state index is -0.0821. The molecule has 0 aliphatic carbocycles. The largest absolute Gasteiger partial charge is 0.306 e. The highest BCUT2D eigenvalue weighted by Gasteiger charge is 2.31. The van der Waals surface area contributed by atoms with E-state index < -0.39 is 0 Å². The third-order valence-corrected chi connectivity index (χ3v) is 5.30. The number of hydrogen-bond donors (Lipinski definition) is 0. The SMILES string of the molecule is CC1CN(C(=O)c2csc(-c3ncccc3Cl)n2)c2ccccc21. The summed E-state index contributed by atoms with van der Waals surface area (Å²) in [5, 5.41) is 2.96.